The predicted molar refractivity (Wildman–Crippen MR) is 82.9 cm³/mol. The van der Waals surface area contributed by atoms with Crippen molar-refractivity contribution in [1.29, 1.82) is 0 Å². The van der Waals surface area contributed by atoms with Gasteiger partial charge in [0.1, 0.15) is 5.39 Å². The van der Waals surface area contributed by atoms with E-state index in [0.29, 0.717) is 11.0 Å². The lowest BCUT2D eigenvalue weighted by atomic mass is 10.0. The van der Waals surface area contributed by atoms with Crippen molar-refractivity contribution in [3.05, 3.63) is 59.0 Å². The fourth-order valence-electron chi connectivity index (χ4n) is 2.82. The minimum Gasteiger partial charge on any atom is -0.267 e. The standard InChI is InChI=1S/C16H15N5O/c22-16-14-11-17-20(12-7-3-1-4-8-12)15(14)18-19-21(16)13-9-5-2-6-10-13/h1,3-5,7-9,11,13H,2,6,10H2/t13-/m0/s1. The molecule has 110 valence electrons. The highest BCUT2D eigenvalue weighted by molar-refractivity contribution is 5.74. The van der Waals surface area contributed by atoms with E-state index in [0.717, 1.165) is 24.9 Å². The van der Waals surface area contributed by atoms with E-state index in [1.165, 1.54) is 4.68 Å². The van der Waals surface area contributed by atoms with Crippen LogP contribution in [0.5, 0.6) is 0 Å². The molecule has 0 aliphatic heterocycles. The molecule has 0 fully saturated rings. The SMILES string of the molecule is O=c1c2cnn(-c3ccccc3)c2nnn1[C@H]1C=CCCC1. The molecule has 0 unspecified atom stereocenters. The molecule has 0 amide bonds. The molecule has 0 radical (unpaired) electrons. The summed E-state index contributed by atoms with van der Waals surface area (Å²) >= 11 is 0. The predicted octanol–water partition coefficient (Wildman–Crippen LogP) is 2.26. The summed E-state index contributed by atoms with van der Waals surface area (Å²) in [5.41, 5.74) is 1.22. The molecule has 2 heterocycles. The van der Waals surface area contributed by atoms with Gasteiger partial charge < -0.3 is 0 Å². The molecule has 1 aromatic carbocycles. The van der Waals surface area contributed by atoms with Crippen molar-refractivity contribution in [3.63, 3.8) is 0 Å². The van der Waals surface area contributed by atoms with Gasteiger partial charge in [0.2, 0.25) is 0 Å². The Labute approximate surface area is 126 Å². The number of hydrogen-bond acceptors (Lipinski definition) is 4. The Morgan fingerprint density at radius 3 is 2.82 bits per heavy atom. The average Bonchev–Trinajstić information content (AvgIpc) is 3.02. The number of hydrogen-bond donors (Lipinski definition) is 0. The van der Waals surface area contributed by atoms with E-state index in [1.807, 2.05) is 36.4 Å². The van der Waals surface area contributed by atoms with E-state index in [1.54, 1.807) is 10.9 Å². The van der Waals surface area contributed by atoms with Crippen molar-refractivity contribution in [2.45, 2.75) is 25.3 Å². The molecule has 2 aromatic heterocycles. The van der Waals surface area contributed by atoms with Crippen molar-refractivity contribution in [2.75, 3.05) is 0 Å². The number of fused-ring (bicyclic) bond motifs is 1. The minimum absolute atomic E-state index is 0.00164. The van der Waals surface area contributed by atoms with Crippen molar-refractivity contribution < 1.29 is 0 Å². The maximum atomic E-state index is 12.6. The van der Waals surface area contributed by atoms with E-state index in [4.69, 9.17) is 0 Å². The molecule has 1 atom stereocenters. The molecule has 0 saturated carbocycles. The first-order chi connectivity index (χ1) is 10.8. The van der Waals surface area contributed by atoms with Crippen LogP contribution in [0.15, 0.2) is 53.5 Å². The fraction of sp³-hybridized carbons (Fsp3) is 0.250. The van der Waals surface area contributed by atoms with Crippen LogP contribution >= 0.6 is 0 Å². The van der Waals surface area contributed by atoms with Gasteiger partial charge in [-0.3, -0.25) is 4.79 Å². The summed E-state index contributed by atoms with van der Waals surface area (Å²) in [6.07, 6.45) is 8.75. The molecule has 6 nitrogen and oxygen atoms in total. The maximum Gasteiger partial charge on any atom is 0.281 e. The van der Waals surface area contributed by atoms with Crippen LogP contribution in [0, 0.1) is 0 Å². The molecular formula is C16H15N5O. The first-order valence-corrected chi connectivity index (χ1v) is 7.40. The second kappa shape index (κ2) is 5.22. The van der Waals surface area contributed by atoms with Crippen LogP contribution in [-0.4, -0.2) is 24.8 Å². The zero-order valence-corrected chi connectivity index (χ0v) is 12.0. The van der Waals surface area contributed by atoms with E-state index in [2.05, 4.69) is 21.5 Å². The highest BCUT2D eigenvalue weighted by Crippen LogP contribution is 2.20. The van der Waals surface area contributed by atoms with E-state index < -0.39 is 0 Å². The molecule has 1 aliphatic carbocycles. The Hall–Kier alpha value is -2.76. The summed E-state index contributed by atoms with van der Waals surface area (Å²) in [6.45, 7) is 0. The normalized spacial score (nSPS) is 17.9. The molecular weight excluding hydrogens is 278 g/mol. The Kier molecular flexibility index (Phi) is 3.07. The number of benzene rings is 1. The molecule has 0 bridgehead atoms. The van der Waals surface area contributed by atoms with Crippen molar-refractivity contribution in [1.82, 2.24) is 24.8 Å². The van der Waals surface area contributed by atoms with E-state index >= 15 is 0 Å². The summed E-state index contributed by atoms with van der Waals surface area (Å²) in [6, 6.07) is 9.61. The van der Waals surface area contributed by atoms with Crippen LogP contribution in [0.25, 0.3) is 16.7 Å². The summed E-state index contributed by atoms with van der Waals surface area (Å²) in [5.74, 6) is 0. The van der Waals surface area contributed by atoms with Gasteiger partial charge >= 0.3 is 0 Å². The highest BCUT2D eigenvalue weighted by Gasteiger charge is 2.18. The first kappa shape index (κ1) is 12.9. The zero-order chi connectivity index (χ0) is 14.9. The van der Waals surface area contributed by atoms with Gasteiger partial charge in [-0.05, 0) is 31.4 Å². The quantitative estimate of drug-likeness (QED) is 0.680. The molecule has 6 heteroatoms. The second-order valence-electron chi connectivity index (χ2n) is 5.39. The number of allylic oxidation sites excluding steroid dienone is 2. The third kappa shape index (κ3) is 2.04. The lowest BCUT2D eigenvalue weighted by Crippen LogP contribution is -2.28. The van der Waals surface area contributed by atoms with Gasteiger partial charge in [0, 0.05) is 0 Å². The number of aromatic nitrogens is 5. The Morgan fingerprint density at radius 1 is 1.18 bits per heavy atom. The summed E-state index contributed by atoms with van der Waals surface area (Å²) < 4.78 is 3.11. The monoisotopic (exact) mass is 293 g/mol. The van der Waals surface area contributed by atoms with Crippen molar-refractivity contribution >= 4 is 11.0 Å². The smallest absolute Gasteiger partial charge is 0.267 e. The summed E-state index contributed by atoms with van der Waals surface area (Å²) in [5, 5.41) is 13.2. The van der Waals surface area contributed by atoms with E-state index in [9.17, 15) is 4.79 Å². The Bertz CT molecular complexity index is 894. The van der Waals surface area contributed by atoms with Gasteiger partial charge in [0.05, 0.1) is 17.9 Å². The zero-order valence-electron chi connectivity index (χ0n) is 12.0. The minimum atomic E-state index is -0.135. The van der Waals surface area contributed by atoms with Crippen LogP contribution in [0.3, 0.4) is 0 Å². The lowest BCUT2D eigenvalue weighted by Gasteiger charge is -2.16. The molecule has 0 N–H and O–H groups in total. The van der Waals surface area contributed by atoms with Crippen LogP contribution < -0.4 is 5.56 Å². The lowest BCUT2D eigenvalue weighted by molar-refractivity contribution is 0.438. The third-order valence-electron chi connectivity index (χ3n) is 3.96. The fourth-order valence-corrected chi connectivity index (χ4v) is 2.82. The van der Waals surface area contributed by atoms with Crippen LogP contribution in [0.2, 0.25) is 0 Å². The molecule has 3 aromatic rings. The van der Waals surface area contributed by atoms with Crippen LogP contribution in [0.4, 0.5) is 0 Å². The van der Waals surface area contributed by atoms with E-state index in [-0.39, 0.29) is 11.6 Å². The largest absolute Gasteiger partial charge is 0.281 e. The number of rotatable bonds is 2. The van der Waals surface area contributed by atoms with Gasteiger partial charge in [-0.1, -0.05) is 35.6 Å². The molecule has 0 saturated heterocycles. The molecule has 22 heavy (non-hydrogen) atoms. The van der Waals surface area contributed by atoms with Crippen LogP contribution in [0.1, 0.15) is 25.3 Å². The topological polar surface area (TPSA) is 65.6 Å². The summed E-state index contributed by atoms with van der Waals surface area (Å²) in [4.78, 5) is 12.6. The van der Waals surface area contributed by atoms with Crippen LogP contribution in [-0.2, 0) is 0 Å². The number of para-hydroxylation sites is 1. The second-order valence-corrected chi connectivity index (χ2v) is 5.39. The Morgan fingerprint density at radius 2 is 2.05 bits per heavy atom. The molecule has 0 spiro atoms. The van der Waals surface area contributed by atoms with Gasteiger partial charge in [-0.25, -0.2) is 9.36 Å². The highest BCUT2D eigenvalue weighted by atomic mass is 16.1. The number of nitrogens with zero attached hydrogens (tertiary/aromatic N) is 5. The van der Waals surface area contributed by atoms with Crippen molar-refractivity contribution in [2.24, 2.45) is 0 Å². The van der Waals surface area contributed by atoms with Gasteiger partial charge in [0.15, 0.2) is 5.65 Å². The van der Waals surface area contributed by atoms with Gasteiger partial charge in [-0.15, -0.1) is 5.10 Å². The van der Waals surface area contributed by atoms with Crippen molar-refractivity contribution in [3.8, 4) is 5.69 Å². The van der Waals surface area contributed by atoms with Gasteiger partial charge in [-0.2, -0.15) is 5.10 Å². The average molecular weight is 293 g/mol. The first-order valence-electron chi connectivity index (χ1n) is 7.40. The molecule has 1 aliphatic rings. The van der Waals surface area contributed by atoms with Gasteiger partial charge in [0.25, 0.3) is 5.56 Å². The summed E-state index contributed by atoms with van der Waals surface area (Å²) in [7, 11) is 0. The third-order valence-corrected chi connectivity index (χ3v) is 3.96. The maximum absolute atomic E-state index is 12.6. The molecule has 4 rings (SSSR count). The Balaban J connectivity index is 1.86.